The van der Waals surface area contributed by atoms with Gasteiger partial charge in [0.25, 0.3) is 0 Å². The fourth-order valence-corrected chi connectivity index (χ4v) is 2.60. The van der Waals surface area contributed by atoms with Crippen molar-refractivity contribution < 1.29 is 15.6 Å². The van der Waals surface area contributed by atoms with Gasteiger partial charge in [-0.2, -0.15) is 10.1 Å². The van der Waals surface area contributed by atoms with Gasteiger partial charge in [0, 0.05) is 29.1 Å². The van der Waals surface area contributed by atoms with Crippen molar-refractivity contribution in [2.24, 2.45) is 0 Å². The van der Waals surface area contributed by atoms with Crippen molar-refractivity contribution in [2.75, 3.05) is 10.6 Å². The van der Waals surface area contributed by atoms with E-state index in [4.69, 9.17) is 16.7 Å². The number of hydrogen-bond donors (Lipinski definition) is 4. The maximum atomic E-state index is 10.9. The van der Waals surface area contributed by atoms with E-state index >= 15 is 0 Å². The van der Waals surface area contributed by atoms with Crippen LogP contribution in [0.25, 0.3) is 0 Å². The minimum atomic E-state index is -0.977. The van der Waals surface area contributed by atoms with Crippen molar-refractivity contribution >= 4 is 40.8 Å². The summed E-state index contributed by atoms with van der Waals surface area (Å²) in [5, 5.41) is 22.6. The molecule has 1 saturated carbocycles. The van der Waals surface area contributed by atoms with Crippen LogP contribution in [0.3, 0.4) is 0 Å². The molecule has 0 spiro atoms. The molecule has 0 saturated heterocycles. The summed E-state index contributed by atoms with van der Waals surface area (Å²) in [7, 11) is 0. The highest BCUT2D eigenvalue weighted by atomic mass is 35.5. The zero-order valence-corrected chi connectivity index (χ0v) is 14.3. The lowest BCUT2D eigenvalue weighted by Crippen LogP contribution is -2.02. The molecule has 2 aromatic heterocycles. The van der Waals surface area contributed by atoms with Crippen LogP contribution in [-0.2, 0) is 0 Å². The molecule has 0 amide bonds. The van der Waals surface area contributed by atoms with Crippen LogP contribution < -0.4 is 10.6 Å². The van der Waals surface area contributed by atoms with Crippen molar-refractivity contribution in [3.8, 4) is 0 Å². The van der Waals surface area contributed by atoms with Crippen molar-refractivity contribution in [1.29, 1.82) is 0 Å². The van der Waals surface area contributed by atoms with E-state index in [1.54, 1.807) is 12.1 Å². The maximum Gasteiger partial charge on any atom is 0.335 e. The number of nitrogens with zero attached hydrogens (tertiary/aromatic N) is 3. The molecular formula is C17H23ClN6O2. The van der Waals surface area contributed by atoms with Gasteiger partial charge in [0.1, 0.15) is 5.02 Å². The Balaban J connectivity index is 0.00000210. The van der Waals surface area contributed by atoms with E-state index in [1.807, 2.05) is 6.07 Å². The Labute approximate surface area is 159 Å². The molecule has 4 N–H and O–H groups in total. The lowest BCUT2D eigenvalue weighted by atomic mass is 10.2. The van der Waals surface area contributed by atoms with Gasteiger partial charge in [0.15, 0.2) is 11.6 Å². The number of carboxylic acids is 1. The van der Waals surface area contributed by atoms with E-state index in [-0.39, 0.29) is 11.3 Å². The van der Waals surface area contributed by atoms with Gasteiger partial charge in [-0.15, -0.1) is 0 Å². The molecular weight excluding hydrogens is 356 g/mol. The monoisotopic (exact) mass is 378 g/mol. The molecule has 0 bridgehead atoms. The Kier molecular flexibility index (Phi) is 4.18. The van der Waals surface area contributed by atoms with Gasteiger partial charge in [0.05, 0.1) is 11.8 Å². The van der Waals surface area contributed by atoms with Gasteiger partial charge in [0.2, 0.25) is 5.95 Å². The van der Waals surface area contributed by atoms with Gasteiger partial charge in [-0.25, -0.2) is 9.78 Å². The highest BCUT2D eigenvalue weighted by Crippen LogP contribution is 2.39. The molecule has 4 rings (SSSR count). The lowest BCUT2D eigenvalue weighted by molar-refractivity contribution is 0.0697. The third-order valence-electron chi connectivity index (χ3n) is 3.99. The summed E-state index contributed by atoms with van der Waals surface area (Å²) >= 11 is 6.17. The molecule has 9 heteroatoms. The predicted octanol–water partition coefficient (Wildman–Crippen LogP) is 4.90. The third-order valence-corrected chi connectivity index (χ3v) is 4.27. The Morgan fingerprint density at radius 3 is 2.73 bits per heavy atom. The number of aromatic carboxylic acids is 1. The van der Waals surface area contributed by atoms with Gasteiger partial charge in [-0.05, 0) is 37.1 Å². The molecule has 26 heavy (non-hydrogen) atoms. The highest BCUT2D eigenvalue weighted by Gasteiger charge is 2.25. The van der Waals surface area contributed by atoms with Gasteiger partial charge in [-0.3, -0.25) is 5.10 Å². The second-order valence-corrected chi connectivity index (χ2v) is 6.41. The summed E-state index contributed by atoms with van der Waals surface area (Å²) in [5.41, 5.74) is 1.98. The normalized spacial score (nSPS) is 13.4. The molecule has 3 aromatic rings. The Morgan fingerprint density at radius 1 is 1.27 bits per heavy atom. The number of nitrogens with one attached hydrogen (secondary N) is 3. The molecule has 1 aliphatic rings. The van der Waals surface area contributed by atoms with Crippen LogP contribution in [0.2, 0.25) is 5.02 Å². The Hall–Kier alpha value is -3.13. The molecule has 0 aliphatic heterocycles. The molecule has 8 nitrogen and oxygen atoms in total. The van der Waals surface area contributed by atoms with Crippen LogP contribution in [0.15, 0.2) is 36.5 Å². The third kappa shape index (κ3) is 3.60. The smallest absolute Gasteiger partial charge is 0.335 e. The first-order valence-corrected chi connectivity index (χ1v) is 8.41. The largest absolute Gasteiger partial charge is 0.478 e. The van der Waals surface area contributed by atoms with Crippen molar-refractivity contribution in [2.45, 2.75) is 18.8 Å². The molecule has 0 radical (unpaired) electrons. The minimum Gasteiger partial charge on any atom is -0.478 e. The van der Waals surface area contributed by atoms with Crippen LogP contribution in [0.4, 0.5) is 23.3 Å². The van der Waals surface area contributed by atoms with Gasteiger partial charge in [-0.1, -0.05) is 11.6 Å². The molecule has 0 atom stereocenters. The van der Waals surface area contributed by atoms with E-state index in [2.05, 4.69) is 30.8 Å². The van der Waals surface area contributed by atoms with Gasteiger partial charge >= 0.3 is 5.97 Å². The number of hydrogen-bond acceptors (Lipinski definition) is 6. The average molecular weight is 379 g/mol. The molecule has 1 aliphatic carbocycles. The highest BCUT2D eigenvalue weighted by molar-refractivity contribution is 6.32. The average Bonchev–Trinajstić information content (AvgIpc) is 3.38. The maximum absolute atomic E-state index is 10.9. The molecule has 1 aromatic carbocycles. The second kappa shape index (κ2) is 6.64. The standard InChI is InChI=1S/C17H15ClN6O2.4H2/c18-12-8-19-17(20-11-5-3-10(4-6-11)16(25)26)22-15(12)21-14-7-13(23-24-14)9-1-2-9;;;;/h3-9H,1-2H2,(H,25,26)(H3,19,20,21,22,23,24);4*1H. The summed E-state index contributed by atoms with van der Waals surface area (Å²) < 4.78 is 0. The van der Waals surface area contributed by atoms with Crippen molar-refractivity contribution in [1.82, 2.24) is 20.2 Å². The number of rotatable bonds is 6. The fraction of sp³-hybridized carbons (Fsp3) is 0.176. The zero-order valence-electron chi connectivity index (χ0n) is 13.5. The van der Waals surface area contributed by atoms with Crippen LogP contribution in [-0.4, -0.2) is 31.2 Å². The van der Waals surface area contributed by atoms with Crippen LogP contribution in [0, 0.1) is 0 Å². The van der Waals surface area contributed by atoms with E-state index in [1.165, 1.54) is 31.2 Å². The van der Waals surface area contributed by atoms with Crippen LogP contribution in [0.5, 0.6) is 0 Å². The summed E-state index contributed by atoms with van der Waals surface area (Å²) in [6.07, 6.45) is 3.86. The number of aromatic nitrogens is 4. The molecule has 1 fully saturated rings. The quantitative estimate of drug-likeness (QED) is 0.482. The topological polar surface area (TPSA) is 116 Å². The number of carbonyl (C=O) groups is 1. The number of aromatic amines is 1. The SMILES string of the molecule is O=C(O)c1ccc(Nc2ncc(Cl)c(Nc3cc(C4CC4)[nH]n3)n2)cc1.[HH].[HH].[HH].[HH]. The molecule has 2 heterocycles. The van der Waals surface area contributed by atoms with Crippen LogP contribution in [0.1, 0.15) is 40.5 Å². The second-order valence-electron chi connectivity index (χ2n) is 6.01. The van der Waals surface area contributed by atoms with Crippen molar-refractivity contribution in [3.05, 3.63) is 52.8 Å². The van der Waals surface area contributed by atoms with E-state index < -0.39 is 5.97 Å². The summed E-state index contributed by atoms with van der Waals surface area (Å²) in [6, 6.07) is 8.24. The number of anilines is 4. The summed E-state index contributed by atoms with van der Waals surface area (Å²) in [4.78, 5) is 19.4. The number of halogens is 1. The Bertz CT molecular complexity index is 969. The summed E-state index contributed by atoms with van der Waals surface area (Å²) in [5.74, 6) is 1.00. The Morgan fingerprint density at radius 2 is 2.04 bits per heavy atom. The summed E-state index contributed by atoms with van der Waals surface area (Å²) in [6.45, 7) is 0. The first-order chi connectivity index (χ1) is 12.6. The zero-order chi connectivity index (χ0) is 18.1. The van der Waals surface area contributed by atoms with E-state index in [0.717, 1.165) is 5.69 Å². The lowest BCUT2D eigenvalue weighted by Gasteiger charge is -2.08. The van der Waals surface area contributed by atoms with Crippen molar-refractivity contribution in [3.63, 3.8) is 0 Å². The van der Waals surface area contributed by atoms with E-state index in [9.17, 15) is 4.79 Å². The first-order valence-electron chi connectivity index (χ1n) is 8.04. The molecule has 140 valence electrons. The number of benzene rings is 1. The van der Waals surface area contributed by atoms with E-state index in [0.29, 0.717) is 34.2 Å². The predicted molar refractivity (Wildman–Crippen MR) is 106 cm³/mol. The van der Waals surface area contributed by atoms with Crippen LogP contribution >= 0.6 is 11.6 Å². The fourth-order valence-electron chi connectivity index (χ4n) is 2.47. The molecule has 0 unspecified atom stereocenters. The number of H-pyrrole nitrogens is 1. The van der Waals surface area contributed by atoms with Gasteiger partial charge < -0.3 is 15.7 Å². The number of carboxylic acid groups (broad SMARTS) is 1. The first kappa shape index (κ1) is 16.3. The minimum absolute atomic E-state index is 0.